The molecule has 0 amide bonds. The third-order valence-electron chi connectivity index (χ3n) is 4.32. The van der Waals surface area contributed by atoms with E-state index in [1.807, 2.05) is 60.7 Å². The zero-order valence-electron chi connectivity index (χ0n) is 16.0. The standard InChI is InChI=1S/C23H23N3O2S/c24-13-4-14-27-18-9-7-17(8-10-18)16-25-23-26-21-12-11-20(15-22(21)29-23)28-19-5-2-1-3-6-19/h1-3,5-12,15H,4,13-14,16,24H2,(H,25,26). The van der Waals surface area contributed by atoms with Crippen molar-refractivity contribution in [2.24, 2.45) is 5.73 Å². The number of para-hydroxylation sites is 1. The Morgan fingerprint density at radius 3 is 2.48 bits per heavy atom. The van der Waals surface area contributed by atoms with Gasteiger partial charge in [0.1, 0.15) is 17.2 Å². The summed E-state index contributed by atoms with van der Waals surface area (Å²) in [5.41, 5.74) is 7.61. The lowest BCUT2D eigenvalue weighted by Crippen LogP contribution is -2.06. The molecule has 3 aromatic carbocycles. The summed E-state index contributed by atoms with van der Waals surface area (Å²) in [6.07, 6.45) is 0.860. The van der Waals surface area contributed by atoms with Gasteiger partial charge in [0.15, 0.2) is 5.13 Å². The number of fused-ring (bicyclic) bond motifs is 1. The highest BCUT2D eigenvalue weighted by Crippen LogP contribution is 2.31. The van der Waals surface area contributed by atoms with E-state index in [9.17, 15) is 0 Å². The highest BCUT2D eigenvalue weighted by atomic mass is 32.1. The predicted molar refractivity (Wildman–Crippen MR) is 119 cm³/mol. The maximum absolute atomic E-state index is 5.91. The zero-order valence-corrected chi connectivity index (χ0v) is 16.8. The number of hydrogen-bond donors (Lipinski definition) is 2. The number of thiazole rings is 1. The molecule has 29 heavy (non-hydrogen) atoms. The molecule has 0 saturated carbocycles. The first kappa shape index (κ1) is 19.2. The third-order valence-corrected chi connectivity index (χ3v) is 5.30. The second-order valence-corrected chi connectivity index (χ2v) is 7.58. The number of anilines is 1. The van der Waals surface area contributed by atoms with Gasteiger partial charge in [0.25, 0.3) is 0 Å². The highest BCUT2D eigenvalue weighted by molar-refractivity contribution is 7.22. The van der Waals surface area contributed by atoms with E-state index in [1.54, 1.807) is 11.3 Å². The summed E-state index contributed by atoms with van der Waals surface area (Å²) in [7, 11) is 0. The second kappa shape index (κ2) is 9.41. The third kappa shape index (κ3) is 5.25. The minimum absolute atomic E-state index is 0.643. The number of rotatable bonds is 9. The van der Waals surface area contributed by atoms with Crippen LogP contribution in [0.25, 0.3) is 10.2 Å². The molecule has 0 aliphatic carbocycles. The number of benzene rings is 3. The van der Waals surface area contributed by atoms with Gasteiger partial charge in [-0.2, -0.15) is 0 Å². The average Bonchev–Trinajstić information content (AvgIpc) is 3.16. The van der Waals surface area contributed by atoms with Gasteiger partial charge in [-0.15, -0.1) is 0 Å². The Balaban J connectivity index is 1.37. The summed E-state index contributed by atoms with van der Waals surface area (Å²) in [5, 5.41) is 4.29. The van der Waals surface area contributed by atoms with Gasteiger partial charge in [-0.05, 0) is 54.9 Å². The number of nitrogens with two attached hydrogens (primary N) is 1. The highest BCUT2D eigenvalue weighted by Gasteiger charge is 2.06. The van der Waals surface area contributed by atoms with E-state index in [0.29, 0.717) is 19.7 Å². The van der Waals surface area contributed by atoms with Gasteiger partial charge in [-0.1, -0.05) is 41.7 Å². The predicted octanol–water partition coefficient (Wildman–Crippen LogP) is 5.43. The smallest absolute Gasteiger partial charge is 0.184 e. The number of aromatic nitrogens is 1. The summed E-state index contributed by atoms with van der Waals surface area (Å²) in [4.78, 5) is 4.66. The van der Waals surface area contributed by atoms with Crippen LogP contribution in [0.15, 0.2) is 72.8 Å². The van der Waals surface area contributed by atoms with Gasteiger partial charge in [0, 0.05) is 12.6 Å². The van der Waals surface area contributed by atoms with Gasteiger partial charge in [-0.3, -0.25) is 0 Å². The van der Waals surface area contributed by atoms with Crippen LogP contribution in [0.3, 0.4) is 0 Å². The van der Waals surface area contributed by atoms with Crippen LogP contribution in [0, 0.1) is 0 Å². The molecule has 4 rings (SSSR count). The molecule has 0 fully saturated rings. The first-order valence-electron chi connectivity index (χ1n) is 9.59. The Labute approximate surface area is 174 Å². The normalized spacial score (nSPS) is 10.8. The van der Waals surface area contributed by atoms with Crippen molar-refractivity contribution in [3.05, 3.63) is 78.4 Å². The van der Waals surface area contributed by atoms with Gasteiger partial charge in [0.05, 0.1) is 16.8 Å². The Morgan fingerprint density at radius 2 is 1.69 bits per heavy atom. The topological polar surface area (TPSA) is 69.4 Å². The largest absolute Gasteiger partial charge is 0.494 e. The van der Waals surface area contributed by atoms with E-state index >= 15 is 0 Å². The Kier molecular flexibility index (Phi) is 6.24. The molecule has 3 N–H and O–H groups in total. The Morgan fingerprint density at radius 1 is 0.897 bits per heavy atom. The van der Waals surface area contributed by atoms with Crippen LogP contribution in [0.2, 0.25) is 0 Å². The molecule has 148 valence electrons. The molecule has 5 nitrogen and oxygen atoms in total. The molecule has 0 radical (unpaired) electrons. The Bertz CT molecular complexity index is 1050. The molecule has 4 aromatic rings. The van der Waals surface area contributed by atoms with Crippen molar-refractivity contribution in [2.75, 3.05) is 18.5 Å². The first-order valence-corrected chi connectivity index (χ1v) is 10.4. The van der Waals surface area contributed by atoms with Crippen LogP contribution in [-0.4, -0.2) is 18.1 Å². The van der Waals surface area contributed by atoms with Gasteiger partial charge in [0.2, 0.25) is 0 Å². The fourth-order valence-electron chi connectivity index (χ4n) is 2.82. The van der Waals surface area contributed by atoms with E-state index in [2.05, 4.69) is 22.4 Å². The maximum atomic E-state index is 5.91. The van der Waals surface area contributed by atoms with E-state index in [-0.39, 0.29) is 0 Å². The van der Waals surface area contributed by atoms with Crippen LogP contribution in [-0.2, 0) is 6.54 Å². The molecule has 0 atom stereocenters. The van der Waals surface area contributed by atoms with Crippen molar-refractivity contribution >= 4 is 26.7 Å². The quantitative estimate of drug-likeness (QED) is 0.364. The van der Waals surface area contributed by atoms with Crippen molar-refractivity contribution in [3.8, 4) is 17.2 Å². The van der Waals surface area contributed by atoms with E-state index in [0.717, 1.165) is 39.0 Å². The molecule has 0 saturated heterocycles. The van der Waals surface area contributed by atoms with E-state index in [1.165, 1.54) is 5.56 Å². The summed E-state index contributed by atoms with van der Waals surface area (Å²) in [5.74, 6) is 2.50. The molecule has 0 bridgehead atoms. The lowest BCUT2D eigenvalue weighted by atomic mass is 10.2. The van der Waals surface area contributed by atoms with Crippen molar-refractivity contribution in [1.82, 2.24) is 4.98 Å². The van der Waals surface area contributed by atoms with Crippen molar-refractivity contribution in [1.29, 1.82) is 0 Å². The monoisotopic (exact) mass is 405 g/mol. The molecule has 0 aliphatic rings. The molecule has 0 unspecified atom stereocenters. The van der Waals surface area contributed by atoms with Crippen LogP contribution < -0.4 is 20.5 Å². The molecule has 0 spiro atoms. The van der Waals surface area contributed by atoms with Crippen LogP contribution in [0.1, 0.15) is 12.0 Å². The number of hydrogen-bond acceptors (Lipinski definition) is 6. The van der Waals surface area contributed by atoms with Crippen molar-refractivity contribution in [2.45, 2.75) is 13.0 Å². The average molecular weight is 406 g/mol. The molecule has 1 heterocycles. The lowest BCUT2D eigenvalue weighted by Gasteiger charge is -2.07. The minimum Gasteiger partial charge on any atom is -0.494 e. The number of nitrogens with zero attached hydrogens (tertiary/aromatic N) is 1. The van der Waals surface area contributed by atoms with Gasteiger partial charge >= 0.3 is 0 Å². The lowest BCUT2D eigenvalue weighted by molar-refractivity contribution is 0.313. The van der Waals surface area contributed by atoms with Crippen LogP contribution >= 0.6 is 11.3 Å². The van der Waals surface area contributed by atoms with E-state index < -0.39 is 0 Å². The van der Waals surface area contributed by atoms with Gasteiger partial charge in [-0.25, -0.2) is 4.98 Å². The zero-order chi connectivity index (χ0) is 19.9. The molecule has 1 aromatic heterocycles. The second-order valence-electron chi connectivity index (χ2n) is 6.55. The van der Waals surface area contributed by atoms with Crippen molar-refractivity contribution in [3.63, 3.8) is 0 Å². The summed E-state index contributed by atoms with van der Waals surface area (Å²) >= 11 is 1.62. The molecule has 6 heteroatoms. The Hall–Kier alpha value is -3.09. The fraction of sp³-hybridized carbons (Fsp3) is 0.174. The minimum atomic E-state index is 0.643. The number of ether oxygens (including phenoxy) is 2. The first-order chi connectivity index (χ1) is 14.3. The van der Waals surface area contributed by atoms with Crippen LogP contribution in [0.4, 0.5) is 5.13 Å². The molecule has 0 aliphatic heterocycles. The summed E-state index contributed by atoms with van der Waals surface area (Å²) < 4.78 is 12.6. The summed E-state index contributed by atoms with van der Waals surface area (Å²) in [6.45, 7) is 2.00. The SMILES string of the molecule is NCCCOc1ccc(CNc2nc3ccc(Oc4ccccc4)cc3s2)cc1. The maximum Gasteiger partial charge on any atom is 0.184 e. The summed E-state index contributed by atoms with van der Waals surface area (Å²) in [6, 6.07) is 23.8. The van der Waals surface area contributed by atoms with Crippen molar-refractivity contribution < 1.29 is 9.47 Å². The van der Waals surface area contributed by atoms with E-state index in [4.69, 9.17) is 15.2 Å². The fourth-order valence-corrected chi connectivity index (χ4v) is 3.71. The van der Waals surface area contributed by atoms with Crippen LogP contribution in [0.5, 0.6) is 17.2 Å². The van der Waals surface area contributed by atoms with Gasteiger partial charge < -0.3 is 20.5 Å². The molecular formula is C23H23N3O2S. The number of nitrogens with one attached hydrogen (secondary N) is 1. The molecular weight excluding hydrogens is 382 g/mol.